The molecule has 7 heteroatoms. The van der Waals surface area contributed by atoms with Gasteiger partial charge in [-0.05, 0) is 70.3 Å². The van der Waals surface area contributed by atoms with Crippen molar-refractivity contribution >= 4 is 10.0 Å². The zero-order chi connectivity index (χ0) is 19.4. The fourth-order valence-corrected chi connectivity index (χ4v) is 5.20. The number of hydrogen-bond donors (Lipinski definition) is 1. The van der Waals surface area contributed by atoms with Crippen molar-refractivity contribution in [2.75, 3.05) is 13.1 Å². The number of aromatic nitrogens is 2. The molecule has 6 nitrogen and oxygen atoms in total. The summed E-state index contributed by atoms with van der Waals surface area (Å²) in [7, 11) is -3.55. The van der Waals surface area contributed by atoms with Crippen LogP contribution < -0.4 is 4.72 Å². The summed E-state index contributed by atoms with van der Waals surface area (Å²) in [5, 5.41) is 4.18. The molecule has 148 valence electrons. The first-order valence-electron chi connectivity index (χ1n) is 9.74. The molecule has 1 aliphatic heterocycles. The van der Waals surface area contributed by atoms with Crippen LogP contribution in [0.5, 0.6) is 0 Å². The van der Waals surface area contributed by atoms with Gasteiger partial charge in [0.2, 0.25) is 10.0 Å². The van der Waals surface area contributed by atoms with E-state index in [1.807, 2.05) is 25.1 Å². The van der Waals surface area contributed by atoms with E-state index >= 15 is 0 Å². The van der Waals surface area contributed by atoms with Crippen LogP contribution in [0.2, 0.25) is 0 Å². The highest BCUT2D eigenvalue weighted by Crippen LogP contribution is 2.23. The Bertz CT molecular complexity index is 847. The van der Waals surface area contributed by atoms with E-state index in [1.165, 1.54) is 12.8 Å². The molecular formula is C20H30N4O2S. The molecule has 0 saturated carbocycles. The maximum Gasteiger partial charge on any atom is 0.240 e. The molecule has 1 fully saturated rings. The lowest BCUT2D eigenvalue weighted by Crippen LogP contribution is -2.45. The quantitative estimate of drug-likeness (QED) is 0.789. The molecule has 0 bridgehead atoms. The van der Waals surface area contributed by atoms with Crippen molar-refractivity contribution < 1.29 is 8.42 Å². The average Bonchev–Trinajstić information content (AvgIpc) is 3.17. The molecule has 1 aromatic heterocycles. The number of hydrogen-bond acceptors (Lipinski definition) is 4. The predicted octanol–water partition coefficient (Wildman–Crippen LogP) is 3.11. The van der Waals surface area contributed by atoms with Gasteiger partial charge in [-0.1, -0.05) is 12.5 Å². The first-order valence-corrected chi connectivity index (χ1v) is 11.2. The minimum atomic E-state index is -3.55. The number of nitrogens with zero attached hydrogens (tertiary/aromatic N) is 3. The third kappa shape index (κ3) is 4.78. The molecule has 1 saturated heterocycles. The molecule has 1 aromatic carbocycles. The molecule has 1 atom stereocenters. The zero-order valence-corrected chi connectivity index (χ0v) is 17.2. The van der Waals surface area contributed by atoms with E-state index in [0.717, 1.165) is 30.6 Å². The second-order valence-corrected chi connectivity index (χ2v) is 9.30. The van der Waals surface area contributed by atoms with E-state index in [1.54, 1.807) is 23.1 Å². The molecule has 3 rings (SSSR count). The van der Waals surface area contributed by atoms with E-state index in [0.29, 0.717) is 23.5 Å². The Morgan fingerprint density at radius 2 is 2.11 bits per heavy atom. The summed E-state index contributed by atoms with van der Waals surface area (Å²) in [4.78, 5) is 2.82. The van der Waals surface area contributed by atoms with Crippen LogP contribution in [0.4, 0.5) is 0 Å². The third-order valence-corrected chi connectivity index (χ3v) is 6.94. The summed E-state index contributed by atoms with van der Waals surface area (Å²) in [5.74, 6) is 0. The standard InChI is InChI=1S/C20H30N4O2S/c1-16(2)23-13-5-4-7-18(23)10-12-22-27(25,26)20-15-19(9-8-17(20)3)24-14-6-11-21-24/h6,8-9,11,14-16,18,22H,4-5,7,10,12-13H2,1-3H3/t18-/m0/s1. The largest absolute Gasteiger partial charge is 0.298 e. The van der Waals surface area contributed by atoms with Gasteiger partial charge in [0.15, 0.2) is 0 Å². The number of likely N-dealkylation sites (tertiary alicyclic amines) is 1. The number of benzene rings is 1. The lowest BCUT2D eigenvalue weighted by molar-refractivity contribution is 0.106. The van der Waals surface area contributed by atoms with Crippen LogP contribution in [0.15, 0.2) is 41.6 Å². The molecule has 0 spiro atoms. The van der Waals surface area contributed by atoms with Crippen LogP contribution in [-0.4, -0.2) is 48.3 Å². The summed E-state index contributed by atoms with van der Waals surface area (Å²) in [6, 6.07) is 8.16. The SMILES string of the molecule is Cc1ccc(-n2cccn2)cc1S(=O)(=O)NCC[C@@H]1CCCCN1C(C)C. The van der Waals surface area contributed by atoms with Gasteiger partial charge in [-0.25, -0.2) is 17.8 Å². The average molecular weight is 391 g/mol. The van der Waals surface area contributed by atoms with Crippen LogP contribution in [0.3, 0.4) is 0 Å². The lowest BCUT2D eigenvalue weighted by Gasteiger charge is -2.38. The van der Waals surface area contributed by atoms with Gasteiger partial charge in [-0.3, -0.25) is 4.90 Å². The first kappa shape index (κ1) is 20.0. The van der Waals surface area contributed by atoms with Gasteiger partial charge >= 0.3 is 0 Å². The molecule has 0 unspecified atom stereocenters. The Balaban J connectivity index is 1.69. The first-order chi connectivity index (χ1) is 12.9. The Labute approximate surface area is 162 Å². The highest BCUT2D eigenvalue weighted by molar-refractivity contribution is 7.89. The molecule has 1 N–H and O–H groups in total. The van der Waals surface area contributed by atoms with Gasteiger partial charge in [0, 0.05) is 31.0 Å². The lowest BCUT2D eigenvalue weighted by atomic mass is 9.98. The van der Waals surface area contributed by atoms with Crippen LogP contribution in [0.1, 0.15) is 45.1 Å². The summed E-state index contributed by atoms with van der Waals surface area (Å²) >= 11 is 0. The molecule has 27 heavy (non-hydrogen) atoms. The molecule has 0 aliphatic carbocycles. The highest BCUT2D eigenvalue weighted by Gasteiger charge is 2.25. The van der Waals surface area contributed by atoms with E-state index in [-0.39, 0.29) is 0 Å². The minimum absolute atomic E-state index is 0.319. The monoisotopic (exact) mass is 390 g/mol. The minimum Gasteiger partial charge on any atom is -0.298 e. The molecule has 2 aromatic rings. The molecule has 2 heterocycles. The summed E-state index contributed by atoms with van der Waals surface area (Å²) < 4.78 is 30.2. The van der Waals surface area contributed by atoms with Crippen molar-refractivity contribution in [3.8, 4) is 5.69 Å². The second kappa shape index (κ2) is 8.54. The van der Waals surface area contributed by atoms with Crippen LogP contribution >= 0.6 is 0 Å². The van der Waals surface area contributed by atoms with E-state index < -0.39 is 10.0 Å². The Hall–Kier alpha value is -1.70. The summed E-state index contributed by atoms with van der Waals surface area (Å²) in [6.45, 7) is 7.82. The van der Waals surface area contributed by atoms with Crippen molar-refractivity contribution in [2.45, 2.75) is 63.4 Å². The highest BCUT2D eigenvalue weighted by atomic mass is 32.2. The molecular weight excluding hydrogens is 360 g/mol. The molecule has 0 radical (unpaired) electrons. The van der Waals surface area contributed by atoms with Crippen molar-refractivity contribution in [1.82, 2.24) is 19.4 Å². The third-order valence-electron chi connectivity index (χ3n) is 5.34. The summed E-state index contributed by atoms with van der Waals surface area (Å²) in [5.41, 5.74) is 1.48. The van der Waals surface area contributed by atoms with E-state index in [4.69, 9.17) is 0 Å². The Morgan fingerprint density at radius 3 is 2.81 bits per heavy atom. The van der Waals surface area contributed by atoms with E-state index in [9.17, 15) is 8.42 Å². The Kier molecular flexibility index (Phi) is 6.34. The topological polar surface area (TPSA) is 67.2 Å². The van der Waals surface area contributed by atoms with Gasteiger partial charge in [0.25, 0.3) is 0 Å². The number of nitrogens with one attached hydrogen (secondary N) is 1. The van der Waals surface area contributed by atoms with Crippen molar-refractivity contribution in [2.24, 2.45) is 0 Å². The van der Waals surface area contributed by atoms with Gasteiger partial charge in [0.1, 0.15) is 0 Å². The zero-order valence-electron chi connectivity index (χ0n) is 16.4. The van der Waals surface area contributed by atoms with Crippen LogP contribution in [-0.2, 0) is 10.0 Å². The van der Waals surface area contributed by atoms with Crippen molar-refractivity contribution in [3.05, 3.63) is 42.2 Å². The fraction of sp³-hybridized carbons (Fsp3) is 0.550. The number of piperidine rings is 1. The predicted molar refractivity (Wildman–Crippen MR) is 108 cm³/mol. The molecule has 0 amide bonds. The van der Waals surface area contributed by atoms with Crippen molar-refractivity contribution in [1.29, 1.82) is 0 Å². The maximum absolute atomic E-state index is 12.9. The number of sulfonamides is 1. The van der Waals surface area contributed by atoms with Gasteiger partial charge < -0.3 is 0 Å². The van der Waals surface area contributed by atoms with Crippen LogP contribution in [0, 0.1) is 6.92 Å². The normalized spacial score (nSPS) is 18.9. The number of aryl methyl sites for hydroxylation is 1. The molecule has 1 aliphatic rings. The number of rotatable bonds is 7. The van der Waals surface area contributed by atoms with Gasteiger partial charge in [0.05, 0.1) is 10.6 Å². The van der Waals surface area contributed by atoms with E-state index in [2.05, 4.69) is 28.6 Å². The van der Waals surface area contributed by atoms with Gasteiger partial charge in [-0.15, -0.1) is 0 Å². The smallest absolute Gasteiger partial charge is 0.240 e. The second-order valence-electron chi connectivity index (χ2n) is 7.57. The Morgan fingerprint density at radius 1 is 1.30 bits per heavy atom. The van der Waals surface area contributed by atoms with Crippen LogP contribution in [0.25, 0.3) is 5.69 Å². The summed E-state index contributed by atoms with van der Waals surface area (Å²) in [6.07, 6.45) is 7.93. The fourth-order valence-electron chi connectivity index (χ4n) is 3.89. The van der Waals surface area contributed by atoms with Gasteiger partial charge in [-0.2, -0.15) is 5.10 Å². The van der Waals surface area contributed by atoms with Crippen molar-refractivity contribution in [3.63, 3.8) is 0 Å². The maximum atomic E-state index is 12.9.